The summed E-state index contributed by atoms with van der Waals surface area (Å²) >= 11 is 0. The summed E-state index contributed by atoms with van der Waals surface area (Å²) in [5.74, 6) is 0.396. The lowest BCUT2D eigenvalue weighted by molar-refractivity contribution is 0.0945. The summed E-state index contributed by atoms with van der Waals surface area (Å²) in [5.41, 5.74) is 3.13. The molecule has 1 atom stereocenters. The van der Waals surface area contributed by atoms with Crippen molar-refractivity contribution in [2.45, 2.75) is 19.3 Å². The van der Waals surface area contributed by atoms with Crippen LogP contribution in [-0.2, 0) is 6.42 Å². The number of amides is 1. The fourth-order valence-electron chi connectivity index (χ4n) is 4.18. The van der Waals surface area contributed by atoms with Crippen molar-refractivity contribution in [3.8, 4) is 17.3 Å². The second kappa shape index (κ2) is 11.4. The first kappa shape index (κ1) is 23.4. The van der Waals surface area contributed by atoms with Gasteiger partial charge in [-0.3, -0.25) is 4.79 Å². The Morgan fingerprint density at radius 3 is 2.85 bits per heavy atom. The molecule has 174 valence electrons. The van der Waals surface area contributed by atoms with Crippen molar-refractivity contribution >= 4 is 11.7 Å². The highest BCUT2D eigenvalue weighted by molar-refractivity contribution is 5.99. The molecule has 7 heteroatoms. The van der Waals surface area contributed by atoms with E-state index in [1.54, 1.807) is 24.3 Å². The van der Waals surface area contributed by atoms with Crippen molar-refractivity contribution in [2.24, 2.45) is 5.92 Å². The monoisotopic (exact) mass is 457 g/mol. The smallest absolute Gasteiger partial charge is 0.255 e. The number of hydrogen-bond acceptors (Lipinski definition) is 5. The molecular weight excluding hydrogens is 429 g/mol. The molecule has 34 heavy (non-hydrogen) atoms. The molecule has 4 rings (SSSR count). The highest BCUT2D eigenvalue weighted by Crippen LogP contribution is 2.25. The maximum Gasteiger partial charge on any atom is 0.255 e. The molecule has 0 bridgehead atoms. The van der Waals surface area contributed by atoms with Gasteiger partial charge in [-0.1, -0.05) is 30.3 Å². The average molecular weight is 458 g/mol. The Bertz CT molecular complexity index is 1180. The normalized spacial score (nSPS) is 15.4. The highest BCUT2D eigenvalue weighted by atomic mass is 19.1. The van der Waals surface area contributed by atoms with Crippen molar-refractivity contribution in [2.75, 3.05) is 31.5 Å². The van der Waals surface area contributed by atoms with E-state index in [9.17, 15) is 14.4 Å². The van der Waals surface area contributed by atoms with Crippen molar-refractivity contribution < 1.29 is 9.18 Å². The zero-order chi connectivity index (χ0) is 23.8. The minimum absolute atomic E-state index is 0.188. The molecule has 1 aromatic heterocycles. The predicted octanol–water partition coefficient (Wildman–Crippen LogP) is 4.14. The first-order chi connectivity index (χ1) is 16.6. The number of nitrogens with one attached hydrogen (secondary N) is 3. The van der Waals surface area contributed by atoms with E-state index in [0.717, 1.165) is 31.5 Å². The van der Waals surface area contributed by atoms with E-state index >= 15 is 0 Å². The number of benzene rings is 2. The third kappa shape index (κ3) is 5.97. The summed E-state index contributed by atoms with van der Waals surface area (Å²) in [7, 11) is 0. The number of carbonyl (C=O) groups is 1. The molecule has 1 saturated heterocycles. The van der Waals surface area contributed by atoms with Gasteiger partial charge in [-0.05, 0) is 74.2 Å². The Morgan fingerprint density at radius 1 is 1.18 bits per heavy atom. The largest absolute Gasteiger partial charge is 0.369 e. The molecule has 0 saturated carbocycles. The van der Waals surface area contributed by atoms with Gasteiger partial charge in [0.15, 0.2) is 0 Å². The fourth-order valence-corrected chi connectivity index (χ4v) is 4.18. The van der Waals surface area contributed by atoms with Crippen LogP contribution in [0.4, 0.5) is 10.2 Å². The zero-order valence-electron chi connectivity index (χ0n) is 19.0. The number of anilines is 1. The standard InChI is InChI=1S/C27H28FN5O/c28-22-8-3-5-19(15-22)12-14-31-26-24(27(34)32-18-20-6-4-13-30-17-20)10-11-25(33-26)23-9-2-1-7-21(23)16-29/h1-3,5,7-11,15,20,30H,4,6,12-14,17-18H2,(H,31,33)(H,32,34)/t20-/m1/s1. The van der Waals surface area contributed by atoms with E-state index < -0.39 is 0 Å². The molecule has 0 aliphatic carbocycles. The minimum Gasteiger partial charge on any atom is -0.369 e. The van der Waals surface area contributed by atoms with E-state index in [4.69, 9.17) is 4.98 Å². The first-order valence-corrected chi connectivity index (χ1v) is 11.6. The van der Waals surface area contributed by atoms with Gasteiger partial charge < -0.3 is 16.0 Å². The van der Waals surface area contributed by atoms with Gasteiger partial charge in [-0.25, -0.2) is 9.37 Å². The maximum atomic E-state index is 13.5. The summed E-state index contributed by atoms with van der Waals surface area (Å²) in [6, 6.07) is 19.4. The van der Waals surface area contributed by atoms with Gasteiger partial charge in [-0.2, -0.15) is 5.26 Å². The van der Waals surface area contributed by atoms with Crippen LogP contribution < -0.4 is 16.0 Å². The van der Waals surface area contributed by atoms with Gasteiger partial charge in [0.1, 0.15) is 11.6 Å². The molecule has 1 aliphatic heterocycles. The number of nitrogens with zero attached hydrogens (tertiary/aromatic N) is 2. The molecule has 0 radical (unpaired) electrons. The van der Waals surface area contributed by atoms with E-state index in [2.05, 4.69) is 22.0 Å². The quantitative estimate of drug-likeness (QED) is 0.473. The number of hydrogen-bond donors (Lipinski definition) is 3. The fraction of sp³-hybridized carbons (Fsp3) is 0.296. The van der Waals surface area contributed by atoms with Gasteiger partial charge in [0.2, 0.25) is 0 Å². The number of carbonyl (C=O) groups excluding carboxylic acids is 1. The van der Waals surface area contributed by atoms with Crippen LogP contribution in [0.5, 0.6) is 0 Å². The van der Waals surface area contributed by atoms with Crippen LogP contribution in [0, 0.1) is 23.1 Å². The number of aromatic nitrogens is 1. The summed E-state index contributed by atoms with van der Waals surface area (Å²) in [6.07, 6.45) is 2.78. The van der Waals surface area contributed by atoms with Crippen molar-refractivity contribution in [3.63, 3.8) is 0 Å². The summed E-state index contributed by atoms with van der Waals surface area (Å²) in [5, 5.41) is 19.2. The molecule has 0 spiro atoms. The molecule has 1 amide bonds. The molecule has 1 aliphatic rings. The van der Waals surface area contributed by atoms with Crippen molar-refractivity contribution in [1.82, 2.24) is 15.6 Å². The Labute approximate surface area is 199 Å². The topological polar surface area (TPSA) is 89.8 Å². The second-order valence-electron chi connectivity index (χ2n) is 8.48. The maximum absolute atomic E-state index is 13.5. The van der Waals surface area contributed by atoms with Crippen LogP contribution in [0.3, 0.4) is 0 Å². The second-order valence-corrected chi connectivity index (χ2v) is 8.48. The van der Waals surface area contributed by atoms with E-state index in [1.165, 1.54) is 12.1 Å². The summed E-state index contributed by atoms with van der Waals surface area (Å²) in [6.45, 7) is 3.01. The van der Waals surface area contributed by atoms with Crippen LogP contribution in [0.1, 0.15) is 34.3 Å². The molecule has 1 fully saturated rings. The van der Waals surface area contributed by atoms with Crippen LogP contribution in [0.25, 0.3) is 11.3 Å². The first-order valence-electron chi connectivity index (χ1n) is 11.6. The molecular formula is C27H28FN5O. The Hall–Kier alpha value is -3.76. The van der Waals surface area contributed by atoms with Crippen LogP contribution in [0.15, 0.2) is 60.7 Å². The lowest BCUT2D eigenvalue weighted by atomic mass is 9.99. The van der Waals surface area contributed by atoms with Crippen molar-refractivity contribution in [1.29, 1.82) is 5.26 Å². The SMILES string of the molecule is N#Cc1ccccc1-c1ccc(C(=O)NC[C@@H]2CCCNC2)c(NCCc2cccc(F)c2)n1. The van der Waals surface area contributed by atoms with Gasteiger partial charge >= 0.3 is 0 Å². The van der Waals surface area contributed by atoms with E-state index in [0.29, 0.717) is 53.6 Å². The third-order valence-corrected chi connectivity index (χ3v) is 6.01. The Morgan fingerprint density at radius 2 is 2.06 bits per heavy atom. The number of rotatable bonds is 8. The van der Waals surface area contributed by atoms with E-state index in [-0.39, 0.29) is 11.7 Å². The molecule has 6 nitrogen and oxygen atoms in total. The average Bonchev–Trinajstić information content (AvgIpc) is 2.88. The van der Waals surface area contributed by atoms with E-state index in [1.807, 2.05) is 24.3 Å². The zero-order valence-corrected chi connectivity index (χ0v) is 19.0. The number of piperidine rings is 1. The van der Waals surface area contributed by atoms with Crippen molar-refractivity contribution in [3.05, 3.63) is 83.2 Å². The molecule has 2 aromatic carbocycles. The minimum atomic E-state index is -0.275. The molecule has 0 unspecified atom stereocenters. The third-order valence-electron chi connectivity index (χ3n) is 6.01. The van der Waals surface area contributed by atoms with Crippen LogP contribution in [0.2, 0.25) is 0 Å². The van der Waals surface area contributed by atoms with Crippen LogP contribution >= 0.6 is 0 Å². The predicted molar refractivity (Wildman–Crippen MR) is 131 cm³/mol. The molecule has 2 heterocycles. The summed E-state index contributed by atoms with van der Waals surface area (Å²) in [4.78, 5) is 17.8. The Balaban J connectivity index is 1.54. The summed E-state index contributed by atoms with van der Waals surface area (Å²) < 4.78 is 13.5. The van der Waals surface area contributed by atoms with Gasteiger partial charge in [0.25, 0.3) is 5.91 Å². The number of pyridine rings is 1. The number of halogens is 1. The number of nitriles is 1. The lowest BCUT2D eigenvalue weighted by Crippen LogP contribution is -2.38. The highest BCUT2D eigenvalue weighted by Gasteiger charge is 2.18. The van der Waals surface area contributed by atoms with Crippen LogP contribution in [-0.4, -0.2) is 37.1 Å². The molecule has 3 N–H and O–H groups in total. The lowest BCUT2D eigenvalue weighted by Gasteiger charge is -2.23. The Kier molecular flexibility index (Phi) is 7.84. The molecule has 3 aromatic rings. The van der Waals surface area contributed by atoms with Gasteiger partial charge in [0, 0.05) is 18.7 Å². The van der Waals surface area contributed by atoms with Gasteiger partial charge in [-0.15, -0.1) is 0 Å². The van der Waals surface area contributed by atoms with Gasteiger partial charge in [0.05, 0.1) is 22.9 Å².